The van der Waals surface area contributed by atoms with Crippen LogP contribution >= 0.6 is 0 Å². The Morgan fingerprint density at radius 3 is 1.91 bits per heavy atom. The van der Waals surface area contributed by atoms with Crippen LogP contribution in [-0.2, 0) is 0 Å². The smallest absolute Gasteiger partial charge is 0.0110 e. The highest BCUT2D eigenvalue weighted by Crippen LogP contribution is 2.23. The number of hydrogen-bond donors (Lipinski definition) is 0. The second-order valence-electron chi connectivity index (χ2n) is 6.99. The van der Waals surface area contributed by atoms with E-state index in [2.05, 4.69) is 35.5 Å². The first-order valence-corrected chi connectivity index (χ1v) is 9.87. The lowest BCUT2D eigenvalue weighted by Gasteiger charge is -2.36. The second-order valence-corrected chi connectivity index (χ2v) is 6.99. The van der Waals surface area contributed by atoms with Crippen molar-refractivity contribution in [1.29, 1.82) is 0 Å². The zero-order chi connectivity index (χ0) is 16.4. The monoisotopic (exact) mass is 311 g/mol. The van der Waals surface area contributed by atoms with Crippen LogP contribution in [0.25, 0.3) is 0 Å². The van der Waals surface area contributed by atoms with Crippen LogP contribution in [0.15, 0.2) is 0 Å². The fourth-order valence-electron chi connectivity index (χ4n) is 3.69. The van der Waals surface area contributed by atoms with Gasteiger partial charge >= 0.3 is 0 Å². The van der Waals surface area contributed by atoms with Gasteiger partial charge in [-0.05, 0) is 71.6 Å². The minimum Gasteiger partial charge on any atom is -0.301 e. The molecule has 0 bridgehead atoms. The number of piperidine rings is 1. The molecule has 0 aromatic heterocycles. The Morgan fingerprint density at radius 2 is 1.41 bits per heavy atom. The van der Waals surface area contributed by atoms with Gasteiger partial charge in [-0.3, -0.25) is 0 Å². The van der Waals surface area contributed by atoms with Crippen molar-refractivity contribution < 1.29 is 0 Å². The predicted molar refractivity (Wildman–Crippen MR) is 98.6 cm³/mol. The molecule has 22 heavy (non-hydrogen) atoms. The van der Waals surface area contributed by atoms with Crippen molar-refractivity contribution in [1.82, 2.24) is 14.7 Å². The Morgan fingerprint density at radius 1 is 0.864 bits per heavy atom. The first-order valence-electron chi connectivity index (χ1n) is 9.87. The lowest BCUT2D eigenvalue weighted by molar-refractivity contribution is 0.124. The van der Waals surface area contributed by atoms with E-state index in [1.807, 2.05) is 13.8 Å². The van der Waals surface area contributed by atoms with Gasteiger partial charge in [-0.1, -0.05) is 20.8 Å². The van der Waals surface area contributed by atoms with E-state index >= 15 is 0 Å². The van der Waals surface area contributed by atoms with Gasteiger partial charge in [0.25, 0.3) is 0 Å². The molecule has 2 rings (SSSR count). The number of hydrogen-bond acceptors (Lipinski definition) is 3. The highest BCUT2D eigenvalue weighted by atomic mass is 15.3. The van der Waals surface area contributed by atoms with Crippen molar-refractivity contribution in [3.8, 4) is 0 Å². The number of likely N-dealkylation sites (tertiary alicyclic amines) is 1. The number of rotatable bonds is 6. The van der Waals surface area contributed by atoms with Crippen LogP contribution < -0.4 is 0 Å². The lowest BCUT2D eigenvalue weighted by atomic mass is 9.91. The third-order valence-corrected chi connectivity index (χ3v) is 5.38. The Hall–Kier alpha value is -0.120. The highest BCUT2D eigenvalue weighted by molar-refractivity contribution is 4.76. The molecule has 2 fully saturated rings. The standard InChI is InChI=1S/C17H35N3.C2H6/c1-4-18-12-14-19(15-13-18)9-5-6-17-7-10-20(11-8-17)16(2)3;1-2/h16-17H,4-15H2,1-3H3;1-2H3. The summed E-state index contributed by atoms with van der Waals surface area (Å²) in [4.78, 5) is 7.88. The Labute approximate surface area is 140 Å². The highest BCUT2D eigenvalue weighted by Gasteiger charge is 2.21. The van der Waals surface area contributed by atoms with Crippen molar-refractivity contribution in [2.24, 2.45) is 5.92 Å². The summed E-state index contributed by atoms with van der Waals surface area (Å²) >= 11 is 0. The summed E-state index contributed by atoms with van der Waals surface area (Å²) < 4.78 is 0. The van der Waals surface area contributed by atoms with E-state index in [1.165, 1.54) is 78.0 Å². The average Bonchev–Trinajstić information content (AvgIpc) is 2.58. The fourth-order valence-corrected chi connectivity index (χ4v) is 3.69. The molecule has 2 heterocycles. The van der Waals surface area contributed by atoms with Gasteiger partial charge in [-0.15, -0.1) is 0 Å². The van der Waals surface area contributed by atoms with Crippen LogP contribution in [0.5, 0.6) is 0 Å². The minimum absolute atomic E-state index is 0.741. The van der Waals surface area contributed by atoms with Crippen molar-refractivity contribution >= 4 is 0 Å². The molecule has 0 aliphatic carbocycles. The average molecular weight is 312 g/mol. The molecule has 3 nitrogen and oxygen atoms in total. The molecule has 0 atom stereocenters. The van der Waals surface area contributed by atoms with Gasteiger partial charge in [0.2, 0.25) is 0 Å². The van der Waals surface area contributed by atoms with Crippen LogP contribution in [0, 0.1) is 5.92 Å². The molecular formula is C19H41N3. The molecule has 132 valence electrons. The van der Waals surface area contributed by atoms with Gasteiger partial charge in [0.05, 0.1) is 0 Å². The second kappa shape index (κ2) is 11.4. The molecule has 3 heteroatoms. The van der Waals surface area contributed by atoms with Gasteiger partial charge in [0.15, 0.2) is 0 Å². The summed E-state index contributed by atoms with van der Waals surface area (Å²) in [6.45, 7) is 21.3. The zero-order valence-electron chi connectivity index (χ0n) is 16.0. The van der Waals surface area contributed by atoms with Crippen molar-refractivity contribution in [2.45, 2.75) is 66.3 Å². The molecular weight excluding hydrogens is 270 g/mol. The Kier molecular flexibility index (Phi) is 10.3. The summed E-state index contributed by atoms with van der Waals surface area (Å²) in [5.74, 6) is 1.00. The summed E-state index contributed by atoms with van der Waals surface area (Å²) in [6, 6.07) is 0.741. The van der Waals surface area contributed by atoms with E-state index in [9.17, 15) is 0 Å². The quantitative estimate of drug-likeness (QED) is 0.743. The summed E-state index contributed by atoms with van der Waals surface area (Å²) in [7, 11) is 0. The first kappa shape index (κ1) is 19.9. The fraction of sp³-hybridized carbons (Fsp3) is 1.00. The van der Waals surface area contributed by atoms with E-state index in [-0.39, 0.29) is 0 Å². The zero-order valence-corrected chi connectivity index (χ0v) is 16.0. The van der Waals surface area contributed by atoms with Crippen LogP contribution in [0.4, 0.5) is 0 Å². The van der Waals surface area contributed by atoms with E-state index in [4.69, 9.17) is 0 Å². The normalized spacial score (nSPS) is 22.6. The topological polar surface area (TPSA) is 9.72 Å². The molecule has 0 saturated carbocycles. The molecule has 2 aliphatic heterocycles. The van der Waals surface area contributed by atoms with Gasteiger partial charge in [-0.25, -0.2) is 0 Å². The molecule has 0 spiro atoms. The van der Waals surface area contributed by atoms with Gasteiger partial charge in [0, 0.05) is 32.2 Å². The summed E-state index contributed by atoms with van der Waals surface area (Å²) in [5, 5.41) is 0. The molecule has 0 aromatic carbocycles. The van der Waals surface area contributed by atoms with Gasteiger partial charge < -0.3 is 14.7 Å². The first-order chi connectivity index (χ1) is 10.7. The van der Waals surface area contributed by atoms with Crippen LogP contribution in [0.3, 0.4) is 0 Å². The number of nitrogens with zero attached hydrogens (tertiary/aromatic N) is 3. The Bertz CT molecular complexity index is 251. The van der Waals surface area contributed by atoms with Crippen LogP contribution in [0.1, 0.15) is 60.3 Å². The summed E-state index contributed by atoms with van der Waals surface area (Å²) in [5.41, 5.74) is 0. The van der Waals surface area contributed by atoms with Crippen LogP contribution in [0.2, 0.25) is 0 Å². The Balaban J connectivity index is 0.00000116. The maximum absolute atomic E-state index is 2.68. The van der Waals surface area contributed by atoms with Crippen molar-refractivity contribution in [3.05, 3.63) is 0 Å². The van der Waals surface area contributed by atoms with Gasteiger partial charge in [0.1, 0.15) is 0 Å². The molecule has 2 aliphatic rings. The maximum Gasteiger partial charge on any atom is 0.0110 e. The SMILES string of the molecule is CC.CCN1CCN(CCCC2CCN(C(C)C)CC2)CC1. The number of likely N-dealkylation sites (N-methyl/N-ethyl adjacent to an activating group) is 1. The van der Waals surface area contributed by atoms with Crippen LogP contribution in [-0.4, -0.2) is 73.1 Å². The van der Waals surface area contributed by atoms with E-state index in [1.54, 1.807) is 0 Å². The summed E-state index contributed by atoms with van der Waals surface area (Å²) in [6.07, 6.45) is 5.74. The van der Waals surface area contributed by atoms with E-state index in [0.29, 0.717) is 0 Å². The largest absolute Gasteiger partial charge is 0.301 e. The predicted octanol–water partition coefficient (Wildman–Crippen LogP) is 3.55. The van der Waals surface area contributed by atoms with E-state index < -0.39 is 0 Å². The molecule has 0 aromatic rings. The molecule has 0 radical (unpaired) electrons. The number of piperazine rings is 1. The third-order valence-electron chi connectivity index (χ3n) is 5.38. The molecule has 0 N–H and O–H groups in total. The maximum atomic E-state index is 2.68. The third kappa shape index (κ3) is 6.97. The van der Waals surface area contributed by atoms with Crippen molar-refractivity contribution in [3.63, 3.8) is 0 Å². The molecule has 2 saturated heterocycles. The minimum atomic E-state index is 0.741. The molecule has 0 unspecified atom stereocenters. The van der Waals surface area contributed by atoms with Crippen molar-refractivity contribution in [2.75, 3.05) is 52.4 Å². The van der Waals surface area contributed by atoms with Gasteiger partial charge in [-0.2, -0.15) is 0 Å². The molecule has 0 amide bonds. The van der Waals surface area contributed by atoms with E-state index in [0.717, 1.165) is 12.0 Å². The lowest BCUT2D eigenvalue weighted by Crippen LogP contribution is -2.46.